The quantitative estimate of drug-likeness (QED) is 0.342. The van der Waals surface area contributed by atoms with Gasteiger partial charge in [0.1, 0.15) is 0 Å². The van der Waals surface area contributed by atoms with E-state index in [1.165, 1.54) is 51.4 Å². The van der Waals surface area contributed by atoms with E-state index >= 15 is 0 Å². The number of benzene rings is 4. The number of hydrogen-bond acceptors (Lipinski definition) is 1. The molecule has 0 aromatic heterocycles. The summed E-state index contributed by atoms with van der Waals surface area (Å²) in [4.78, 5) is 11.4. The monoisotopic (exact) mass is 448 g/mol. The zero-order valence-corrected chi connectivity index (χ0v) is 20.5. The van der Waals surface area contributed by atoms with E-state index in [1.54, 1.807) is 12.1 Å². The molecule has 0 saturated heterocycles. The second kappa shape index (κ2) is 8.13. The van der Waals surface area contributed by atoms with Gasteiger partial charge in [0.15, 0.2) is 0 Å². The van der Waals surface area contributed by atoms with Gasteiger partial charge in [0.25, 0.3) is 0 Å². The van der Waals surface area contributed by atoms with E-state index in [0.29, 0.717) is 5.56 Å². The van der Waals surface area contributed by atoms with E-state index in [1.807, 2.05) is 18.2 Å². The Balaban J connectivity index is 1.73. The fourth-order valence-electron chi connectivity index (χ4n) is 5.43. The summed E-state index contributed by atoms with van der Waals surface area (Å²) in [6.45, 7) is 9.47. The van der Waals surface area contributed by atoms with Gasteiger partial charge in [0.05, 0.1) is 5.56 Å². The van der Waals surface area contributed by atoms with Gasteiger partial charge in [0, 0.05) is 0 Å². The number of aromatic carboxylic acids is 1. The summed E-state index contributed by atoms with van der Waals surface area (Å²) in [7, 11) is 0. The molecular weight excluding hydrogens is 416 g/mol. The van der Waals surface area contributed by atoms with Crippen molar-refractivity contribution in [3.8, 4) is 11.1 Å². The lowest BCUT2D eigenvalue weighted by Gasteiger charge is -2.42. The highest BCUT2D eigenvalue weighted by Gasteiger charge is 2.37. The van der Waals surface area contributed by atoms with Gasteiger partial charge in [-0.2, -0.15) is 0 Å². The van der Waals surface area contributed by atoms with Crippen LogP contribution in [0.5, 0.6) is 0 Å². The van der Waals surface area contributed by atoms with E-state index in [-0.39, 0.29) is 10.8 Å². The molecule has 0 unspecified atom stereocenters. The fraction of sp³-hybridized carbons (Fsp3) is 0.281. The lowest BCUT2D eigenvalue weighted by atomic mass is 9.62. The molecule has 0 spiro atoms. The van der Waals surface area contributed by atoms with Crippen LogP contribution in [-0.4, -0.2) is 11.1 Å². The number of hydrogen-bond donors (Lipinski definition) is 1. The molecule has 2 nitrogen and oxygen atoms in total. The van der Waals surface area contributed by atoms with Crippen LogP contribution < -0.4 is 0 Å². The molecule has 5 rings (SSSR count). The van der Waals surface area contributed by atoms with Gasteiger partial charge < -0.3 is 5.11 Å². The zero-order valence-electron chi connectivity index (χ0n) is 20.5. The normalized spacial score (nSPS) is 16.2. The van der Waals surface area contributed by atoms with Crippen LogP contribution in [0.25, 0.3) is 21.9 Å². The molecule has 1 aliphatic carbocycles. The number of carbonyl (C=O) groups is 1. The standard InChI is InChI=1S/C32H32O2/c1-31(2)14-15-32(3,4)29-20-25-18-27(22-10-12-23(13-11-22)30(33)34)26(17-24(25)19-28(29)31)16-21-8-6-5-7-9-21/h5-13,17-20H,14-16H2,1-4H3,(H,33,34). The van der Waals surface area contributed by atoms with Crippen molar-refractivity contribution < 1.29 is 9.90 Å². The first-order chi connectivity index (χ1) is 16.1. The van der Waals surface area contributed by atoms with Crippen molar-refractivity contribution >= 4 is 16.7 Å². The second-order valence-electron chi connectivity index (χ2n) is 11.1. The molecule has 0 bridgehead atoms. The van der Waals surface area contributed by atoms with E-state index in [9.17, 15) is 9.90 Å². The summed E-state index contributed by atoms with van der Waals surface area (Å²) in [5.41, 5.74) is 8.32. The van der Waals surface area contributed by atoms with Gasteiger partial charge in [-0.3, -0.25) is 0 Å². The molecule has 0 aliphatic heterocycles. The van der Waals surface area contributed by atoms with Gasteiger partial charge >= 0.3 is 5.97 Å². The van der Waals surface area contributed by atoms with Crippen LogP contribution in [0.2, 0.25) is 0 Å². The first-order valence-electron chi connectivity index (χ1n) is 12.1. The lowest BCUT2D eigenvalue weighted by Crippen LogP contribution is -2.33. The predicted molar refractivity (Wildman–Crippen MR) is 141 cm³/mol. The first-order valence-corrected chi connectivity index (χ1v) is 12.1. The van der Waals surface area contributed by atoms with Crippen LogP contribution in [0.15, 0.2) is 78.9 Å². The maximum Gasteiger partial charge on any atom is 0.335 e. The molecule has 4 aromatic carbocycles. The van der Waals surface area contributed by atoms with Crippen LogP contribution >= 0.6 is 0 Å². The molecular formula is C32H32O2. The van der Waals surface area contributed by atoms with E-state index in [2.05, 4.69) is 76.2 Å². The molecule has 0 fully saturated rings. The molecule has 0 amide bonds. The second-order valence-corrected chi connectivity index (χ2v) is 11.1. The minimum absolute atomic E-state index is 0.158. The summed E-state index contributed by atoms with van der Waals surface area (Å²) >= 11 is 0. The molecule has 0 saturated carbocycles. The average molecular weight is 449 g/mol. The van der Waals surface area contributed by atoms with E-state index in [0.717, 1.165) is 12.0 Å². The van der Waals surface area contributed by atoms with Gasteiger partial charge in [-0.1, -0.05) is 88.4 Å². The van der Waals surface area contributed by atoms with Crippen LogP contribution in [0.4, 0.5) is 0 Å². The number of fused-ring (bicyclic) bond motifs is 2. The molecule has 34 heavy (non-hydrogen) atoms. The lowest BCUT2D eigenvalue weighted by molar-refractivity contribution is 0.0697. The van der Waals surface area contributed by atoms with Crippen molar-refractivity contribution in [3.05, 3.63) is 107 Å². The van der Waals surface area contributed by atoms with Crippen molar-refractivity contribution in [2.45, 2.75) is 57.8 Å². The highest BCUT2D eigenvalue weighted by atomic mass is 16.4. The third-order valence-electron chi connectivity index (χ3n) is 7.71. The minimum Gasteiger partial charge on any atom is -0.478 e. The predicted octanol–water partition coefficient (Wildman–Crippen LogP) is 8.14. The maximum atomic E-state index is 11.4. The van der Waals surface area contributed by atoms with Crippen LogP contribution in [0, 0.1) is 0 Å². The van der Waals surface area contributed by atoms with E-state index in [4.69, 9.17) is 0 Å². The number of rotatable bonds is 4. The number of carboxylic acid groups (broad SMARTS) is 1. The van der Waals surface area contributed by atoms with Gasteiger partial charge in [-0.15, -0.1) is 0 Å². The maximum absolute atomic E-state index is 11.4. The Morgan fingerprint density at radius 3 is 1.88 bits per heavy atom. The highest BCUT2D eigenvalue weighted by molar-refractivity contribution is 5.92. The highest BCUT2D eigenvalue weighted by Crippen LogP contribution is 2.47. The zero-order chi connectivity index (χ0) is 24.1. The third kappa shape index (κ3) is 4.03. The van der Waals surface area contributed by atoms with Gasteiger partial charge in [-0.25, -0.2) is 4.79 Å². The van der Waals surface area contributed by atoms with Crippen LogP contribution in [0.3, 0.4) is 0 Å². The van der Waals surface area contributed by atoms with Crippen LogP contribution in [0.1, 0.15) is 73.1 Å². The summed E-state index contributed by atoms with van der Waals surface area (Å²) in [6.07, 6.45) is 3.22. The Bertz CT molecular complexity index is 1380. The van der Waals surface area contributed by atoms with Crippen molar-refractivity contribution in [3.63, 3.8) is 0 Å². The van der Waals surface area contributed by atoms with E-state index < -0.39 is 5.97 Å². The average Bonchev–Trinajstić information content (AvgIpc) is 2.82. The molecule has 0 heterocycles. The largest absolute Gasteiger partial charge is 0.478 e. The summed E-state index contributed by atoms with van der Waals surface area (Å²) in [6, 6.07) is 27.3. The molecule has 0 atom stereocenters. The summed E-state index contributed by atoms with van der Waals surface area (Å²) in [5, 5.41) is 11.9. The fourth-order valence-corrected chi connectivity index (χ4v) is 5.43. The SMILES string of the molecule is CC1(C)CCC(C)(C)c2cc3cc(-c4ccc(C(=O)O)cc4)c(Cc4ccccc4)cc3cc21. The molecule has 1 aliphatic rings. The molecule has 172 valence electrons. The van der Waals surface area contributed by atoms with Crippen molar-refractivity contribution in [1.82, 2.24) is 0 Å². The third-order valence-corrected chi connectivity index (χ3v) is 7.71. The first kappa shape index (κ1) is 22.4. The molecule has 1 N–H and O–H groups in total. The molecule has 2 heteroatoms. The van der Waals surface area contributed by atoms with Crippen molar-refractivity contribution in [1.29, 1.82) is 0 Å². The molecule has 0 radical (unpaired) electrons. The Labute approximate surface area is 202 Å². The van der Waals surface area contributed by atoms with Gasteiger partial charge in [-0.05, 0) is 92.4 Å². The summed E-state index contributed by atoms with van der Waals surface area (Å²) in [5.74, 6) is -0.897. The summed E-state index contributed by atoms with van der Waals surface area (Å²) < 4.78 is 0. The Kier molecular flexibility index (Phi) is 5.36. The minimum atomic E-state index is -0.897. The Morgan fingerprint density at radius 2 is 1.32 bits per heavy atom. The Morgan fingerprint density at radius 1 is 0.765 bits per heavy atom. The van der Waals surface area contributed by atoms with Crippen molar-refractivity contribution in [2.24, 2.45) is 0 Å². The van der Waals surface area contributed by atoms with Crippen LogP contribution in [-0.2, 0) is 17.3 Å². The Hall–Kier alpha value is -3.39. The topological polar surface area (TPSA) is 37.3 Å². The smallest absolute Gasteiger partial charge is 0.335 e. The molecule has 4 aromatic rings. The van der Waals surface area contributed by atoms with Gasteiger partial charge in [0.2, 0.25) is 0 Å². The number of carboxylic acids is 1. The van der Waals surface area contributed by atoms with Crippen molar-refractivity contribution in [2.75, 3.05) is 0 Å².